The zero-order valence-corrected chi connectivity index (χ0v) is 14.5. The Hall–Kier alpha value is -2.12. The van der Waals surface area contributed by atoms with Gasteiger partial charge >= 0.3 is 0 Å². The van der Waals surface area contributed by atoms with Gasteiger partial charge in [-0.25, -0.2) is 4.98 Å². The lowest BCUT2D eigenvalue weighted by Crippen LogP contribution is -2.36. The average molecular weight is 350 g/mol. The van der Waals surface area contributed by atoms with Crippen molar-refractivity contribution in [2.75, 3.05) is 31.2 Å². The van der Waals surface area contributed by atoms with Crippen molar-refractivity contribution >= 4 is 23.3 Å². The Morgan fingerprint density at radius 1 is 1.38 bits per heavy atom. The van der Waals surface area contributed by atoms with Crippen LogP contribution in [0.3, 0.4) is 0 Å². The second kappa shape index (κ2) is 7.19. The standard InChI is InChI=1S/C16H20ClN5O2/c1-11-14(15(17)21(2)20-11)16(23)19-10-12-3-4-13(18-9-12)22-5-7-24-8-6-22/h3-4,9H,5-8,10H2,1-2H3,(H,19,23). The van der Waals surface area contributed by atoms with Gasteiger partial charge in [0.1, 0.15) is 11.0 Å². The third-order valence-corrected chi connectivity index (χ3v) is 4.41. The number of aryl methyl sites for hydroxylation is 2. The first-order valence-corrected chi connectivity index (χ1v) is 8.19. The van der Waals surface area contributed by atoms with Crippen molar-refractivity contribution in [3.8, 4) is 0 Å². The van der Waals surface area contributed by atoms with E-state index < -0.39 is 0 Å². The second-order valence-corrected chi connectivity index (χ2v) is 6.04. The summed E-state index contributed by atoms with van der Waals surface area (Å²) in [6, 6.07) is 3.94. The number of aromatic nitrogens is 3. The molecular formula is C16H20ClN5O2. The largest absolute Gasteiger partial charge is 0.378 e. The molecular weight excluding hydrogens is 330 g/mol. The number of morpholine rings is 1. The molecule has 7 nitrogen and oxygen atoms in total. The normalized spacial score (nSPS) is 14.7. The van der Waals surface area contributed by atoms with Crippen LogP contribution in [0.15, 0.2) is 18.3 Å². The first-order valence-electron chi connectivity index (χ1n) is 7.81. The Labute approximate surface area is 145 Å². The lowest BCUT2D eigenvalue weighted by molar-refractivity contribution is 0.0950. The minimum absolute atomic E-state index is 0.233. The molecule has 2 aromatic heterocycles. The molecule has 1 aliphatic rings. The summed E-state index contributed by atoms with van der Waals surface area (Å²) >= 11 is 6.11. The van der Waals surface area contributed by atoms with E-state index in [0.29, 0.717) is 23.0 Å². The molecule has 1 amide bonds. The average Bonchev–Trinajstić information content (AvgIpc) is 2.86. The monoisotopic (exact) mass is 349 g/mol. The molecule has 3 rings (SSSR count). The van der Waals surface area contributed by atoms with Crippen LogP contribution in [0.5, 0.6) is 0 Å². The molecule has 0 unspecified atom stereocenters. The molecule has 3 heterocycles. The third kappa shape index (κ3) is 3.52. The lowest BCUT2D eigenvalue weighted by Gasteiger charge is -2.27. The number of nitrogens with one attached hydrogen (secondary N) is 1. The minimum Gasteiger partial charge on any atom is -0.378 e. The fraction of sp³-hybridized carbons (Fsp3) is 0.438. The summed E-state index contributed by atoms with van der Waals surface area (Å²) in [5, 5.41) is 7.34. The molecule has 0 bridgehead atoms. The molecule has 1 saturated heterocycles. The van der Waals surface area contributed by atoms with Gasteiger partial charge in [0.2, 0.25) is 0 Å². The van der Waals surface area contributed by atoms with E-state index in [1.54, 1.807) is 20.2 Å². The van der Waals surface area contributed by atoms with Gasteiger partial charge in [0.25, 0.3) is 5.91 Å². The van der Waals surface area contributed by atoms with E-state index in [9.17, 15) is 4.79 Å². The van der Waals surface area contributed by atoms with Crippen LogP contribution in [0.1, 0.15) is 21.6 Å². The van der Waals surface area contributed by atoms with Crippen molar-refractivity contribution in [1.29, 1.82) is 0 Å². The molecule has 1 fully saturated rings. The van der Waals surface area contributed by atoms with Crippen LogP contribution in [0, 0.1) is 6.92 Å². The van der Waals surface area contributed by atoms with Gasteiger partial charge in [0.15, 0.2) is 0 Å². The molecule has 1 N–H and O–H groups in total. The van der Waals surface area contributed by atoms with E-state index in [4.69, 9.17) is 16.3 Å². The summed E-state index contributed by atoms with van der Waals surface area (Å²) in [5.74, 6) is 0.697. The number of ether oxygens (including phenoxy) is 1. The van der Waals surface area contributed by atoms with Gasteiger partial charge in [-0.15, -0.1) is 0 Å². The predicted molar refractivity (Wildman–Crippen MR) is 91.4 cm³/mol. The zero-order chi connectivity index (χ0) is 17.1. The van der Waals surface area contributed by atoms with Gasteiger partial charge in [0, 0.05) is 32.9 Å². The van der Waals surface area contributed by atoms with Crippen LogP contribution >= 0.6 is 11.6 Å². The van der Waals surface area contributed by atoms with Crippen molar-refractivity contribution in [3.63, 3.8) is 0 Å². The highest BCUT2D eigenvalue weighted by Crippen LogP contribution is 2.18. The molecule has 2 aromatic rings. The third-order valence-electron chi connectivity index (χ3n) is 3.98. The van der Waals surface area contributed by atoms with Crippen molar-refractivity contribution in [2.45, 2.75) is 13.5 Å². The number of carbonyl (C=O) groups is 1. The quantitative estimate of drug-likeness (QED) is 0.906. The molecule has 0 aromatic carbocycles. The van der Waals surface area contributed by atoms with Gasteiger partial charge in [-0.05, 0) is 18.6 Å². The number of carbonyl (C=O) groups excluding carboxylic acids is 1. The maximum absolute atomic E-state index is 12.3. The Morgan fingerprint density at radius 3 is 2.71 bits per heavy atom. The van der Waals surface area contributed by atoms with E-state index in [0.717, 1.165) is 37.7 Å². The number of hydrogen-bond donors (Lipinski definition) is 1. The van der Waals surface area contributed by atoms with Crippen LogP contribution in [0.4, 0.5) is 5.82 Å². The van der Waals surface area contributed by atoms with E-state index in [1.807, 2.05) is 12.1 Å². The molecule has 0 aliphatic carbocycles. The number of pyridine rings is 1. The summed E-state index contributed by atoms with van der Waals surface area (Å²) in [5.41, 5.74) is 1.95. The predicted octanol–water partition coefficient (Wildman–Crippen LogP) is 1.54. The summed E-state index contributed by atoms with van der Waals surface area (Å²) in [7, 11) is 1.71. The Kier molecular flexibility index (Phi) is 5.01. The SMILES string of the molecule is Cc1nn(C)c(Cl)c1C(=O)NCc1ccc(N2CCOCC2)nc1. The van der Waals surface area contributed by atoms with Crippen molar-refractivity contribution in [2.24, 2.45) is 7.05 Å². The minimum atomic E-state index is -0.233. The zero-order valence-electron chi connectivity index (χ0n) is 13.8. The number of rotatable bonds is 4. The topological polar surface area (TPSA) is 72.3 Å². The fourth-order valence-corrected chi connectivity index (χ4v) is 2.92. The highest BCUT2D eigenvalue weighted by atomic mass is 35.5. The number of nitrogens with zero attached hydrogens (tertiary/aromatic N) is 4. The fourth-order valence-electron chi connectivity index (χ4n) is 2.66. The smallest absolute Gasteiger partial charge is 0.256 e. The van der Waals surface area contributed by atoms with E-state index in [1.165, 1.54) is 4.68 Å². The van der Waals surface area contributed by atoms with Gasteiger partial charge in [-0.3, -0.25) is 9.48 Å². The van der Waals surface area contributed by atoms with Gasteiger partial charge in [-0.1, -0.05) is 17.7 Å². The summed E-state index contributed by atoms with van der Waals surface area (Å²) < 4.78 is 6.83. The van der Waals surface area contributed by atoms with Crippen molar-refractivity contribution in [3.05, 3.63) is 40.3 Å². The molecule has 0 spiro atoms. The van der Waals surface area contributed by atoms with Gasteiger partial charge in [-0.2, -0.15) is 5.10 Å². The lowest BCUT2D eigenvalue weighted by atomic mass is 10.2. The maximum Gasteiger partial charge on any atom is 0.256 e. The summed E-state index contributed by atoms with van der Waals surface area (Å²) in [6.45, 7) is 5.30. The number of anilines is 1. The highest BCUT2D eigenvalue weighted by Gasteiger charge is 2.18. The maximum atomic E-state index is 12.3. The van der Waals surface area contributed by atoms with Crippen LogP contribution in [0.25, 0.3) is 0 Å². The molecule has 1 aliphatic heterocycles. The Morgan fingerprint density at radius 2 is 2.12 bits per heavy atom. The first kappa shape index (κ1) is 16.7. The van der Waals surface area contributed by atoms with E-state index >= 15 is 0 Å². The molecule has 128 valence electrons. The summed E-state index contributed by atoms with van der Waals surface area (Å²) in [6.07, 6.45) is 1.78. The van der Waals surface area contributed by atoms with Crippen LogP contribution < -0.4 is 10.2 Å². The Balaban J connectivity index is 1.61. The molecule has 0 saturated carbocycles. The van der Waals surface area contributed by atoms with Gasteiger partial charge < -0.3 is 15.0 Å². The molecule has 8 heteroatoms. The van der Waals surface area contributed by atoms with Crippen molar-refractivity contribution in [1.82, 2.24) is 20.1 Å². The van der Waals surface area contributed by atoms with E-state index in [-0.39, 0.29) is 5.91 Å². The second-order valence-electron chi connectivity index (χ2n) is 5.68. The van der Waals surface area contributed by atoms with E-state index in [2.05, 4.69) is 20.3 Å². The van der Waals surface area contributed by atoms with Crippen molar-refractivity contribution < 1.29 is 9.53 Å². The molecule has 0 radical (unpaired) electrons. The van der Waals surface area contributed by atoms with Crippen LogP contribution in [0.2, 0.25) is 5.15 Å². The number of halogens is 1. The molecule has 0 atom stereocenters. The van der Waals surface area contributed by atoms with Gasteiger partial charge in [0.05, 0.1) is 24.5 Å². The highest BCUT2D eigenvalue weighted by molar-refractivity contribution is 6.33. The number of hydrogen-bond acceptors (Lipinski definition) is 5. The molecule has 24 heavy (non-hydrogen) atoms. The number of amides is 1. The van der Waals surface area contributed by atoms with Crippen LogP contribution in [-0.4, -0.2) is 47.0 Å². The Bertz CT molecular complexity index is 723. The summed E-state index contributed by atoms with van der Waals surface area (Å²) in [4.78, 5) is 18.9. The first-order chi connectivity index (χ1) is 11.6. The van der Waals surface area contributed by atoms with Crippen LogP contribution in [-0.2, 0) is 18.3 Å².